The Morgan fingerprint density at radius 2 is 1.00 bits per heavy atom. The highest BCUT2D eigenvalue weighted by Gasteiger charge is 2.29. The lowest BCUT2D eigenvalue weighted by Gasteiger charge is -2.34. The minimum Gasteiger partial charge on any atom is -0.393 e. The van der Waals surface area contributed by atoms with Crippen molar-refractivity contribution in [1.29, 1.82) is 0 Å². The second-order valence-corrected chi connectivity index (χ2v) is 5.29. The van der Waals surface area contributed by atoms with E-state index in [0.717, 1.165) is 0 Å². The van der Waals surface area contributed by atoms with Crippen LogP contribution in [-0.2, 0) is 0 Å². The molecule has 2 fully saturated rings. The van der Waals surface area contributed by atoms with Gasteiger partial charge in [0.2, 0.25) is 0 Å². The first kappa shape index (κ1) is 10.5. The van der Waals surface area contributed by atoms with Crippen molar-refractivity contribution in [2.45, 2.75) is 70.3 Å². The molecule has 1 nitrogen and oxygen atoms in total. The van der Waals surface area contributed by atoms with Gasteiger partial charge in [0, 0.05) is 0 Å². The number of aliphatic hydroxyl groups excluding tert-OH is 1. The van der Waals surface area contributed by atoms with Gasteiger partial charge in [0.25, 0.3) is 0 Å². The largest absolute Gasteiger partial charge is 0.393 e. The number of hydrogen-bond acceptors (Lipinski definition) is 1. The van der Waals surface area contributed by atoms with Crippen LogP contribution in [0.15, 0.2) is 0 Å². The molecule has 2 aliphatic rings. The summed E-state index contributed by atoms with van der Waals surface area (Å²) in [7, 11) is 0. The molecule has 0 bridgehead atoms. The van der Waals surface area contributed by atoms with Crippen LogP contribution in [0.2, 0.25) is 0 Å². The maximum atomic E-state index is 10.3. The molecule has 1 heteroatoms. The van der Waals surface area contributed by atoms with Gasteiger partial charge in [-0.1, -0.05) is 38.5 Å². The molecular formula is C13H24O. The first-order valence-corrected chi connectivity index (χ1v) is 6.56. The SMILES string of the molecule is OC(C1CCCCC1)C1CCCCC1. The summed E-state index contributed by atoms with van der Waals surface area (Å²) in [6.45, 7) is 0. The molecule has 0 saturated heterocycles. The number of rotatable bonds is 2. The molecule has 1 N–H and O–H groups in total. The molecule has 2 rings (SSSR count). The molecule has 0 aromatic heterocycles. The van der Waals surface area contributed by atoms with Gasteiger partial charge in [-0.2, -0.15) is 0 Å². The molecule has 0 aliphatic heterocycles. The van der Waals surface area contributed by atoms with Crippen LogP contribution in [0, 0.1) is 11.8 Å². The van der Waals surface area contributed by atoms with Crippen LogP contribution >= 0.6 is 0 Å². The monoisotopic (exact) mass is 196 g/mol. The average Bonchev–Trinajstić information content (AvgIpc) is 2.30. The summed E-state index contributed by atoms with van der Waals surface area (Å²) < 4.78 is 0. The van der Waals surface area contributed by atoms with Gasteiger partial charge < -0.3 is 5.11 Å². The van der Waals surface area contributed by atoms with Crippen LogP contribution in [0.3, 0.4) is 0 Å². The van der Waals surface area contributed by atoms with E-state index in [1.165, 1.54) is 64.2 Å². The van der Waals surface area contributed by atoms with Crippen molar-refractivity contribution in [2.75, 3.05) is 0 Å². The lowest BCUT2D eigenvalue weighted by molar-refractivity contribution is 0.0186. The van der Waals surface area contributed by atoms with E-state index in [0.29, 0.717) is 11.8 Å². The Morgan fingerprint density at radius 1 is 0.643 bits per heavy atom. The Bertz CT molecular complexity index is 137. The average molecular weight is 196 g/mol. The maximum Gasteiger partial charge on any atom is 0.0596 e. The third kappa shape index (κ3) is 2.50. The van der Waals surface area contributed by atoms with Crippen molar-refractivity contribution >= 4 is 0 Å². The van der Waals surface area contributed by atoms with Gasteiger partial charge >= 0.3 is 0 Å². The zero-order chi connectivity index (χ0) is 9.80. The predicted molar refractivity (Wildman–Crippen MR) is 59.2 cm³/mol. The zero-order valence-electron chi connectivity index (χ0n) is 9.25. The molecule has 0 radical (unpaired) electrons. The summed E-state index contributed by atoms with van der Waals surface area (Å²) in [5.74, 6) is 1.29. The molecule has 82 valence electrons. The van der Waals surface area contributed by atoms with Gasteiger partial charge in [-0.15, -0.1) is 0 Å². The highest BCUT2D eigenvalue weighted by atomic mass is 16.3. The van der Waals surface area contributed by atoms with Gasteiger partial charge in [-0.3, -0.25) is 0 Å². The lowest BCUT2D eigenvalue weighted by atomic mass is 9.75. The zero-order valence-corrected chi connectivity index (χ0v) is 9.25. The second-order valence-electron chi connectivity index (χ2n) is 5.29. The van der Waals surface area contributed by atoms with Gasteiger partial charge in [0.1, 0.15) is 0 Å². The number of aliphatic hydroxyl groups is 1. The minimum absolute atomic E-state index is 0.0376. The fourth-order valence-electron chi connectivity index (χ4n) is 3.34. The van der Waals surface area contributed by atoms with E-state index >= 15 is 0 Å². The highest BCUT2D eigenvalue weighted by molar-refractivity contribution is 4.80. The van der Waals surface area contributed by atoms with Gasteiger partial charge in [0.05, 0.1) is 6.10 Å². The van der Waals surface area contributed by atoms with Gasteiger partial charge in [0.15, 0.2) is 0 Å². The quantitative estimate of drug-likeness (QED) is 0.716. The predicted octanol–water partition coefficient (Wildman–Crippen LogP) is 3.51. The van der Waals surface area contributed by atoms with Crippen LogP contribution in [0.1, 0.15) is 64.2 Å². The fourth-order valence-corrected chi connectivity index (χ4v) is 3.34. The Hall–Kier alpha value is -0.0400. The Balaban J connectivity index is 1.82. The Kier molecular flexibility index (Phi) is 3.86. The fraction of sp³-hybridized carbons (Fsp3) is 1.00. The molecule has 0 spiro atoms. The van der Waals surface area contributed by atoms with Crippen molar-refractivity contribution < 1.29 is 5.11 Å². The van der Waals surface area contributed by atoms with Crippen molar-refractivity contribution in [3.8, 4) is 0 Å². The molecule has 0 aromatic carbocycles. The minimum atomic E-state index is 0.0376. The summed E-state index contributed by atoms with van der Waals surface area (Å²) in [5, 5.41) is 10.3. The third-order valence-corrected chi connectivity index (χ3v) is 4.27. The molecule has 0 unspecified atom stereocenters. The van der Waals surface area contributed by atoms with E-state index < -0.39 is 0 Å². The molecule has 0 heterocycles. The molecule has 2 saturated carbocycles. The van der Waals surface area contributed by atoms with E-state index in [2.05, 4.69) is 0 Å². The topological polar surface area (TPSA) is 20.2 Å². The van der Waals surface area contributed by atoms with E-state index in [1.54, 1.807) is 0 Å². The van der Waals surface area contributed by atoms with Gasteiger partial charge in [-0.25, -0.2) is 0 Å². The van der Waals surface area contributed by atoms with E-state index in [-0.39, 0.29) is 6.10 Å². The molecule has 0 atom stereocenters. The highest BCUT2D eigenvalue weighted by Crippen LogP contribution is 2.35. The van der Waals surface area contributed by atoms with Crippen molar-refractivity contribution in [3.63, 3.8) is 0 Å². The van der Waals surface area contributed by atoms with E-state index in [9.17, 15) is 5.11 Å². The lowest BCUT2D eigenvalue weighted by Crippen LogP contribution is -2.31. The summed E-state index contributed by atoms with van der Waals surface area (Å²) in [6, 6.07) is 0. The standard InChI is InChI=1S/C13H24O/c14-13(11-7-3-1-4-8-11)12-9-5-2-6-10-12/h11-14H,1-10H2. The van der Waals surface area contributed by atoms with Crippen LogP contribution in [-0.4, -0.2) is 11.2 Å². The summed E-state index contributed by atoms with van der Waals surface area (Å²) >= 11 is 0. The van der Waals surface area contributed by atoms with Crippen molar-refractivity contribution in [2.24, 2.45) is 11.8 Å². The Morgan fingerprint density at radius 3 is 1.36 bits per heavy atom. The maximum absolute atomic E-state index is 10.3. The van der Waals surface area contributed by atoms with E-state index in [4.69, 9.17) is 0 Å². The van der Waals surface area contributed by atoms with E-state index in [1.807, 2.05) is 0 Å². The molecule has 0 aromatic rings. The van der Waals surface area contributed by atoms with Crippen molar-refractivity contribution in [1.82, 2.24) is 0 Å². The van der Waals surface area contributed by atoms with Crippen LogP contribution in [0.5, 0.6) is 0 Å². The molecular weight excluding hydrogens is 172 g/mol. The normalized spacial score (nSPS) is 27.0. The van der Waals surface area contributed by atoms with Crippen LogP contribution in [0.25, 0.3) is 0 Å². The Labute approximate surface area is 87.9 Å². The second kappa shape index (κ2) is 5.16. The molecule has 14 heavy (non-hydrogen) atoms. The summed E-state index contributed by atoms with van der Waals surface area (Å²) in [5.41, 5.74) is 0. The van der Waals surface area contributed by atoms with Gasteiger partial charge in [-0.05, 0) is 37.5 Å². The smallest absolute Gasteiger partial charge is 0.0596 e. The van der Waals surface area contributed by atoms with Crippen LogP contribution < -0.4 is 0 Å². The third-order valence-electron chi connectivity index (χ3n) is 4.27. The first-order chi connectivity index (χ1) is 6.88. The molecule has 2 aliphatic carbocycles. The first-order valence-electron chi connectivity index (χ1n) is 6.56. The summed E-state index contributed by atoms with van der Waals surface area (Å²) in [6.07, 6.45) is 13.4. The van der Waals surface area contributed by atoms with Crippen LogP contribution in [0.4, 0.5) is 0 Å². The summed E-state index contributed by atoms with van der Waals surface area (Å²) in [4.78, 5) is 0. The molecule has 0 amide bonds. The van der Waals surface area contributed by atoms with Crippen molar-refractivity contribution in [3.05, 3.63) is 0 Å². The number of hydrogen-bond donors (Lipinski definition) is 1.